The molecule has 10 rings (SSSR count). The van der Waals surface area contributed by atoms with E-state index in [9.17, 15) is 5.48 Å². The Hall–Kier alpha value is -6.24. The second-order valence-electron chi connectivity index (χ2n) is 12.2. The number of fused-ring (bicyclic) bond motifs is 7. The average Bonchev–Trinajstić information content (AvgIpc) is 3.24. The first kappa shape index (κ1) is 20.1. The molecule has 0 spiro atoms. The number of rotatable bonds is 3. The van der Waals surface area contributed by atoms with E-state index < -0.39 is 24.2 Å². The van der Waals surface area contributed by atoms with Crippen LogP contribution in [0.25, 0.3) is 98.0 Å². The highest BCUT2D eigenvalue weighted by Gasteiger charge is 2.18. The van der Waals surface area contributed by atoms with Gasteiger partial charge in [0, 0.05) is 0 Å². The Balaban J connectivity index is 1.39. The smallest absolute Gasteiger partial charge is 0.0616 e. The molecule has 0 aliphatic heterocycles. The summed E-state index contributed by atoms with van der Waals surface area (Å²) in [6.07, 6.45) is 0. The Morgan fingerprint density at radius 3 is 1.44 bits per heavy atom. The van der Waals surface area contributed by atoms with E-state index in [4.69, 9.17) is 5.48 Å². The first-order valence-electron chi connectivity index (χ1n) is 20.0. The number of hydrogen-bond acceptors (Lipinski definition) is 0. The predicted molar refractivity (Wildman–Crippen MR) is 208 cm³/mol. The van der Waals surface area contributed by atoms with Crippen LogP contribution in [0.3, 0.4) is 0 Å². The number of benzene rings is 10. The molecular formula is C48H30. The lowest BCUT2D eigenvalue weighted by molar-refractivity contribution is 1.65. The quantitative estimate of drug-likeness (QED) is 0.137. The third kappa shape index (κ3) is 4.10. The molecule has 0 saturated heterocycles. The summed E-state index contributed by atoms with van der Waals surface area (Å²) in [6, 6.07) is 41.5. The molecule has 0 aliphatic rings. The van der Waals surface area contributed by atoms with Crippen LogP contribution in [-0.4, -0.2) is 0 Å². The second-order valence-corrected chi connectivity index (χ2v) is 12.2. The predicted octanol–water partition coefficient (Wildman–Crippen LogP) is 13.6. The van der Waals surface area contributed by atoms with Gasteiger partial charge in [-0.1, -0.05) is 164 Å². The normalized spacial score (nSPS) is 14.1. The second kappa shape index (κ2) is 10.7. The summed E-state index contributed by atoms with van der Waals surface area (Å²) in [4.78, 5) is 0. The van der Waals surface area contributed by atoms with Gasteiger partial charge in [-0.15, -0.1) is 0 Å². The van der Waals surface area contributed by atoms with Gasteiger partial charge in [-0.2, -0.15) is 0 Å². The molecule has 0 saturated carbocycles. The molecule has 10 aromatic rings. The fourth-order valence-corrected chi connectivity index (χ4v) is 7.51. The fourth-order valence-electron chi connectivity index (χ4n) is 7.51. The van der Waals surface area contributed by atoms with Crippen molar-refractivity contribution in [3.05, 3.63) is 182 Å². The Labute approximate surface area is 290 Å². The Kier molecular flexibility index (Phi) is 4.46. The molecule has 0 aliphatic carbocycles. The minimum Gasteiger partial charge on any atom is -0.0616 e. The standard InChI is InChI=1S/C48H30/c1-2-14-33-28-37(25-24-31(33)12-1)48-42-22-9-7-20-40(42)47(41-21-8-10-23-43(41)48)36-17-11-16-35(29-36)46-39-19-6-4-15-34(39)30-45-38-18-5-3-13-32(38)26-27-44(45)46/h1-30H/i7D,8D,9D,10D,20D,21D,22D,23D. The molecule has 0 aromatic heterocycles. The van der Waals surface area contributed by atoms with Gasteiger partial charge in [-0.05, 0) is 116 Å². The molecule has 0 amide bonds. The van der Waals surface area contributed by atoms with Gasteiger partial charge in [-0.25, -0.2) is 0 Å². The van der Waals surface area contributed by atoms with Gasteiger partial charge >= 0.3 is 0 Å². The molecule has 222 valence electrons. The van der Waals surface area contributed by atoms with E-state index in [0.717, 1.165) is 54.2 Å². The lowest BCUT2D eigenvalue weighted by Crippen LogP contribution is -1.92. The van der Waals surface area contributed by atoms with Crippen molar-refractivity contribution in [2.24, 2.45) is 0 Å². The van der Waals surface area contributed by atoms with Crippen molar-refractivity contribution in [1.82, 2.24) is 0 Å². The van der Waals surface area contributed by atoms with Gasteiger partial charge in [0.25, 0.3) is 0 Å². The Morgan fingerprint density at radius 2 is 0.771 bits per heavy atom. The highest BCUT2D eigenvalue weighted by atomic mass is 14.2. The maximum absolute atomic E-state index is 9.43. The minimum absolute atomic E-state index is 0.197. The van der Waals surface area contributed by atoms with Crippen LogP contribution in [0.5, 0.6) is 0 Å². The summed E-state index contributed by atoms with van der Waals surface area (Å²) in [5.74, 6) is 0. The zero-order chi connectivity index (χ0) is 38.6. The summed E-state index contributed by atoms with van der Waals surface area (Å²) in [5, 5.41) is 9.15. The van der Waals surface area contributed by atoms with Gasteiger partial charge in [0.1, 0.15) is 0 Å². The maximum atomic E-state index is 9.43. The molecule has 10 aromatic carbocycles. The van der Waals surface area contributed by atoms with E-state index in [2.05, 4.69) is 42.5 Å². The van der Waals surface area contributed by atoms with Gasteiger partial charge in [0.15, 0.2) is 0 Å². The van der Waals surface area contributed by atoms with Gasteiger partial charge in [0.2, 0.25) is 0 Å². The van der Waals surface area contributed by atoms with E-state index >= 15 is 0 Å². The van der Waals surface area contributed by atoms with Crippen molar-refractivity contribution in [3.63, 3.8) is 0 Å². The molecule has 0 N–H and O–H groups in total. The van der Waals surface area contributed by atoms with Crippen molar-refractivity contribution in [3.8, 4) is 33.4 Å². The van der Waals surface area contributed by atoms with Crippen molar-refractivity contribution in [1.29, 1.82) is 0 Å². The third-order valence-electron chi connectivity index (χ3n) is 9.62. The van der Waals surface area contributed by atoms with Crippen LogP contribution in [-0.2, 0) is 0 Å². The molecule has 0 unspecified atom stereocenters. The zero-order valence-corrected chi connectivity index (χ0v) is 25.7. The molecule has 0 heteroatoms. The van der Waals surface area contributed by atoms with E-state index in [1.54, 1.807) is 0 Å². The molecule has 0 fully saturated rings. The van der Waals surface area contributed by atoms with Crippen LogP contribution in [0.4, 0.5) is 0 Å². The van der Waals surface area contributed by atoms with Crippen molar-refractivity contribution in [2.45, 2.75) is 0 Å². The molecular weight excluding hydrogens is 577 g/mol. The highest BCUT2D eigenvalue weighted by molar-refractivity contribution is 6.23. The summed E-state index contributed by atoms with van der Waals surface area (Å²) in [6.45, 7) is 0. The third-order valence-corrected chi connectivity index (χ3v) is 9.62. The van der Waals surface area contributed by atoms with Gasteiger partial charge < -0.3 is 0 Å². The van der Waals surface area contributed by atoms with E-state index in [1.807, 2.05) is 91.0 Å². The topological polar surface area (TPSA) is 0 Å². The molecule has 0 heterocycles. The van der Waals surface area contributed by atoms with E-state index in [-0.39, 0.29) is 45.7 Å². The summed E-state index contributed by atoms with van der Waals surface area (Å²) in [5.41, 5.74) is 3.68. The van der Waals surface area contributed by atoms with E-state index in [0.29, 0.717) is 22.3 Å². The largest absolute Gasteiger partial charge is 0.0629 e. The molecule has 0 bridgehead atoms. The van der Waals surface area contributed by atoms with Crippen molar-refractivity contribution >= 4 is 64.6 Å². The van der Waals surface area contributed by atoms with Crippen molar-refractivity contribution in [2.75, 3.05) is 0 Å². The van der Waals surface area contributed by atoms with Crippen LogP contribution in [0.1, 0.15) is 11.0 Å². The van der Waals surface area contributed by atoms with Crippen LogP contribution in [0.2, 0.25) is 0 Å². The Morgan fingerprint density at radius 1 is 0.271 bits per heavy atom. The highest BCUT2D eigenvalue weighted by Crippen LogP contribution is 2.46. The summed E-state index contributed by atoms with van der Waals surface area (Å²) < 4.78 is 73.0. The summed E-state index contributed by atoms with van der Waals surface area (Å²) >= 11 is 0. The molecule has 0 atom stereocenters. The van der Waals surface area contributed by atoms with Crippen LogP contribution < -0.4 is 0 Å². The fraction of sp³-hybridized carbons (Fsp3) is 0. The zero-order valence-electron chi connectivity index (χ0n) is 33.7. The Bertz CT molecular complexity index is 3270. The summed E-state index contributed by atoms with van der Waals surface area (Å²) in [7, 11) is 0. The maximum Gasteiger partial charge on any atom is 0.0629 e. The van der Waals surface area contributed by atoms with Gasteiger partial charge in [-0.3, -0.25) is 0 Å². The molecule has 48 heavy (non-hydrogen) atoms. The minimum atomic E-state index is -0.420. The van der Waals surface area contributed by atoms with Crippen LogP contribution in [0, 0.1) is 0 Å². The lowest BCUT2D eigenvalue weighted by atomic mass is 9.84. The van der Waals surface area contributed by atoms with Crippen LogP contribution in [0.15, 0.2) is 182 Å². The SMILES string of the molecule is [2H]c1c([2H])c([2H])c2c(-c3ccc4ccccc4c3)c3c([2H])c([2H])c([2H])c([2H])c3c(-c3cccc(-c4c5ccccc5cc5c4ccc4ccccc45)c3)c2c1[2H]. The molecule has 0 nitrogen and oxygen atoms in total. The lowest BCUT2D eigenvalue weighted by Gasteiger charge is -2.19. The average molecular weight is 615 g/mol. The van der Waals surface area contributed by atoms with Crippen molar-refractivity contribution < 1.29 is 11.0 Å². The monoisotopic (exact) mass is 614 g/mol. The van der Waals surface area contributed by atoms with E-state index in [1.165, 1.54) is 0 Å². The van der Waals surface area contributed by atoms with Crippen LogP contribution >= 0.6 is 0 Å². The first-order chi connectivity index (χ1) is 27.1. The first-order valence-corrected chi connectivity index (χ1v) is 16.0. The molecule has 0 radical (unpaired) electrons. The number of hydrogen-bond donors (Lipinski definition) is 0. The van der Waals surface area contributed by atoms with Gasteiger partial charge in [0.05, 0.1) is 11.0 Å².